The van der Waals surface area contributed by atoms with Crippen LogP contribution in [-0.2, 0) is 5.41 Å². The van der Waals surface area contributed by atoms with Gasteiger partial charge in [0.05, 0.1) is 6.67 Å². The molecular weight excluding hydrogens is 230 g/mol. The Morgan fingerprint density at radius 2 is 1.88 bits per heavy atom. The normalized spacial score (nSPS) is 11.8. The third-order valence-electron chi connectivity index (χ3n) is 2.74. The van der Waals surface area contributed by atoms with Crippen LogP contribution >= 0.6 is 11.8 Å². The minimum atomic E-state index is 0.117. The van der Waals surface area contributed by atoms with Crippen molar-refractivity contribution in [3.05, 3.63) is 29.8 Å². The predicted molar refractivity (Wildman–Crippen MR) is 76.1 cm³/mol. The summed E-state index contributed by atoms with van der Waals surface area (Å²) in [5, 5.41) is 3.27. The highest BCUT2D eigenvalue weighted by Gasteiger charge is 2.19. The maximum absolute atomic E-state index is 5.23. The van der Waals surface area contributed by atoms with Gasteiger partial charge < -0.3 is 5.32 Å². The van der Waals surface area contributed by atoms with Crippen LogP contribution in [0.25, 0.3) is 0 Å². The van der Waals surface area contributed by atoms with E-state index in [4.69, 9.17) is 5.84 Å². The lowest BCUT2D eigenvalue weighted by molar-refractivity contribution is 0.454. The molecule has 17 heavy (non-hydrogen) atoms. The molecule has 0 saturated carbocycles. The van der Waals surface area contributed by atoms with Gasteiger partial charge in [-0.25, -0.2) is 5.43 Å². The van der Waals surface area contributed by atoms with Gasteiger partial charge in [0.15, 0.2) is 0 Å². The van der Waals surface area contributed by atoms with Crippen LogP contribution in [0.5, 0.6) is 0 Å². The molecule has 0 aliphatic carbocycles. The molecule has 4 heteroatoms. The van der Waals surface area contributed by atoms with Crippen LogP contribution in [0.3, 0.4) is 0 Å². The van der Waals surface area contributed by atoms with Gasteiger partial charge in [-0.2, -0.15) is 0 Å². The number of nitrogens with two attached hydrogens (primary N) is 1. The maximum atomic E-state index is 5.23. The first-order chi connectivity index (χ1) is 8.10. The van der Waals surface area contributed by atoms with Crippen molar-refractivity contribution in [3.8, 4) is 0 Å². The summed E-state index contributed by atoms with van der Waals surface area (Å²) in [5.74, 6) is 6.35. The number of hydrazine groups is 1. The van der Waals surface area contributed by atoms with E-state index in [-0.39, 0.29) is 5.41 Å². The highest BCUT2D eigenvalue weighted by atomic mass is 32.2. The van der Waals surface area contributed by atoms with Crippen LogP contribution in [0.15, 0.2) is 29.2 Å². The zero-order chi connectivity index (χ0) is 12.7. The van der Waals surface area contributed by atoms with Crippen LogP contribution < -0.4 is 16.6 Å². The minimum absolute atomic E-state index is 0.117. The van der Waals surface area contributed by atoms with Gasteiger partial charge in [-0.1, -0.05) is 32.9 Å². The topological polar surface area (TPSA) is 50.1 Å². The second-order valence-corrected chi connectivity index (χ2v) is 5.99. The molecule has 0 spiro atoms. The van der Waals surface area contributed by atoms with E-state index in [0.29, 0.717) is 6.67 Å². The van der Waals surface area contributed by atoms with Crippen LogP contribution in [0.4, 0.5) is 0 Å². The number of nitrogens with one attached hydrogen (secondary N) is 2. The zero-order valence-electron chi connectivity index (χ0n) is 10.9. The fourth-order valence-corrected chi connectivity index (χ4v) is 2.38. The Bertz CT molecular complexity index is 322. The van der Waals surface area contributed by atoms with E-state index in [1.54, 1.807) is 0 Å². The van der Waals surface area contributed by atoms with Crippen molar-refractivity contribution >= 4 is 11.8 Å². The number of benzene rings is 1. The molecule has 0 saturated heterocycles. The van der Waals surface area contributed by atoms with Crippen molar-refractivity contribution in [2.75, 3.05) is 19.0 Å². The average molecular weight is 253 g/mol. The minimum Gasteiger partial charge on any atom is -0.303 e. The summed E-state index contributed by atoms with van der Waals surface area (Å²) in [6.07, 6.45) is 0. The van der Waals surface area contributed by atoms with Crippen molar-refractivity contribution < 1.29 is 0 Å². The standard InChI is InChI=1S/C13H23N3S/c1-4-17-12-7-5-11(6-8-12)13(2,3)9-15-10-16-14/h5-8,15-16H,4,9-10,14H2,1-3H3. The van der Waals surface area contributed by atoms with E-state index in [2.05, 4.69) is 55.8 Å². The van der Waals surface area contributed by atoms with Crippen LogP contribution in [0.1, 0.15) is 26.3 Å². The van der Waals surface area contributed by atoms with E-state index < -0.39 is 0 Å². The van der Waals surface area contributed by atoms with Gasteiger partial charge in [-0.3, -0.25) is 5.84 Å². The number of hydrogen-bond acceptors (Lipinski definition) is 4. The van der Waals surface area contributed by atoms with E-state index in [1.807, 2.05) is 11.8 Å². The summed E-state index contributed by atoms with van der Waals surface area (Å²) in [7, 11) is 0. The van der Waals surface area contributed by atoms with Crippen LogP contribution in [0, 0.1) is 0 Å². The van der Waals surface area contributed by atoms with Gasteiger partial charge in [-0.05, 0) is 23.4 Å². The Balaban J connectivity index is 2.63. The lowest BCUT2D eigenvalue weighted by atomic mass is 9.85. The van der Waals surface area contributed by atoms with Crippen molar-refractivity contribution in [3.63, 3.8) is 0 Å². The quantitative estimate of drug-likeness (QED) is 0.229. The lowest BCUT2D eigenvalue weighted by Gasteiger charge is -2.26. The van der Waals surface area contributed by atoms with E-state index >= 15 is 0 Å². The summed E-state index contributed by atoms with van der Waals surface area (Å²) in [6, 6.07) is 8.84. The van der Waals surface area contributed by atoms with Gasteiger partial charge in [-0.15, -0.1) is 11.8 Å². The number of hydrogen-bond donors (Lipinski definition) is 3. The van der Waals surface area contributed by atoms with Gasteiger partial charge in [0.1, 0.15) is 0 Å². The molecule has 0 radical (unpaired) electrons. The van der Waals surface area contributed by atoms with Crippen molar-refractivity contribution in [2.45, 2.75) is 31.1 Å². The summed E-state index contributed by atoms with van der Waals surface area (Å²) < 4.78 is 0. The Labute approximate surface area is 109 Å². The molecule has 1 aromatic carbocycles. The molecule has 0 aliphatic rings. The first-order valence-corrected chi connectivity index (χ1v) is 6.96. The highest BCUT2D eigenvalue weighted by Crippen LogP contribution is 2.25. The van der Waals surface area contributed by atoms with Crippen LogP contribution in [0.2, 0.25) is 0 Å². The van der Waals surface area contributed by atoms with Crippen molar-refractivity contribution in [2.24, 2.45) is 5.84 Å². The van der Waals surface area contributed by atoms with E-state index in [1.165, 1.54) is 10.5 Å². The molecule has 0 aliphatic heterocycles. The molecule has 0 atom stereocenters. The van der Waals surface area contributed by atoms with Gasteiger partial charge in [0, 0.05) is 16.9 Å². The lowest BCUT2D eigenvalue weighted by Crippen LogP contribution is -2.40. The smallest absolute Gasteiger partial charge is 0.0587 e. The predicted octanol–water partition coefficient (Wildman–Crippen LogP) is 2.09. The van der Waals surface area contributed by atoms with Crippen molar-refractivity contribution in [1.29, 1.82) is 0 Å². The molecule has 4 N–H and O–H groups in total. The summed E-state index contributed by atoms with van der Waals surface area (Å²) in [4.78, 5) is 1.34. The molecule has 1 rings (SSSR count). The second kappa shape index (κ2) is 7.01. The fraction of sp³-hybridized carbons (Fsp3) is 0.538. The van der Waals surface area contributed by atoms with E-state index in [9.17, 15) is 0 Å². The first kappa shape index (κ1) is 14.5. The average Bonchev–Trinajstić information content (AvgIpc) is 2.30. The molecule has 0 aromatic heterocycles. The van der Waals surface area contributed by atoms with Gasteiger partial charge >= 0.3 is 0 Å². The monoisotopic (exact) mass is 253 g/mol. The SMILES string of the molecule is CCSc1ccc(C(C)(C)CNCNN)cc1. The second-order valence-electron chi connectivity index (χ2n) is 4.65. The highest BCUT2D eigenvalue weighted by molar-refractivity contribution is 7.99. The molecule has 1 aromatic rings. The molecule has 0 heterocycles. The zero-order valence-corrected chi connectivity index (χ0v) is 11.7. The molecule has 0 unspecified atom stereocenters. The summed E-state index contributed by atoms with van der Waals surface area (Å²) in [5.41, 5.74) is 4.07. The van der Waals surface area contributed by atoms with Gasteiger partial charge in [0.2, 0.25) is 0 Å². The van der Waals surface area contributed by atoms with Crippen LogP contribution in [-0.4, -0.2) is 19.0 Å². The number of rotatable bonds is 7. The van der Waals surface area contributed by atoms with E-state index in [0.717, 1.165) is 12.3 Å². The molecule has 0 amide bonds. The fourth-order valence-electron chi connectivity index (χ4n) is 1.72. The molecule has 0 fully saturated rings. The summed E-state index contributed by atoms with van der Waals surface area (Å²) in [6.45, 7) is 8.17. The molecular formula is C13H23N3S. The molecule has 3 nitrogen and oxygen atoms in total. The molecule has 96 valence electrons. The number of thioether (sulfide) groups is 1. The van der Waals surface area contributed by atoms with Gasteiger partial charge in [0.25, 0.3) is 0 Å². The Morgan fingerprint density at radius 1 is 1.24 bits per heavy atom. The third-order valence-corrected chi connectivity index (χ3v) is 3.63. The Kier molecular flexibility index (Phi) is 5.98. The Hall–Kier alpha value is -0.550. The first-order valence-electron chi connectivity index (χ1n) is 5.97. The largest absolute Gasteiger partial charge is 0.303 e. The summed E-state index contributed by atoms with van der Waals surface area (Å²) >= 11 is 1.87. The molecule has 0 bridgehead atoms. The maximum Gasteiger partial charge on any atom is 0.0587 e. The Morgan fingerprint density at radius 3 is 2.41 bits per heavy atom. The third kappa shape index (κ3) is 4.68. The van der Waals surface area contributed by atoms with Crippen molar-refractivity contribution in [1.82, 2.24) is 10.7 Å².